The zero-order valence-corrected chi connectivity index (χ0v) is 14.2. The van der Waals surface area contributed by atoms with Crippen LogP contribution < -0.4 is 29.6 Å². The van der Waals surface area contributed by atoms with E-state index in [1.54, 1.807) is 12.1 Å². The first-order valence-corrected chi connectivity index (χ1v) is 7.32. The van der Waals surface area contributed by atoms with E-state index in [4.69, 9.17) is 11.6 Å². The minimum absolute atomic E-state index is 0. The third kappa shape index (κ3) is 2.72. The topological polar surface area (TPSA) is 57.2 Å². The fourth-order valence-corrected chi connectivity index (χ4v) is 3.42. The SMILES string of the molecule is O=S(=O)([O-])c1c(Cl)ccc2cc3ccccc3cc12.[Na+]. The summed E-state index contributed by atoms with van der Waals surface area (Å²) in [6.45, 7) is 0. The third-order valence-corrected chi connectivity index (χ3v) is 4.41. The van der Waals surface area contributed by atoms with E-state index in [-0.39, 0.29) is 39.5 Å². The Hall–Kier alpha value is -0.620. The number of benzene rings is 3. The van der Waals surface area contributed by atoms with E-state index < -0.39 is 10.1 Å². The molecule has 0 aromatic heterocycles. The molecule has 0 N–H and O–H groups in total. The smallest absolute Gasteiger partial charge is 0.744 e. The number of hydrogen-bond acceptors (Lipinski definition) is 3. The molecule has 0 heterocycles. The Kier molecular flexibility index (Phi) is 4.44. The summed E-state index contributed by atoms with van der Waals surface area (Å²) < 4.78 is 34.1. The zero-order valence-electron chi connectivity index (χ0n) is 10.6. The summed E-state index contributed by atoms with van der Waals surface area (Å²) in [7, 11) is -4.61. The predicted octanol–water partition coefficient (Wildman–Crippen LogP) is 0.554. The zero-order chi connectivity index (χ0) is 13.6. The number of halogens is 1. The van der Waals surface area contributed by atoms with Crippen LogP contribution in [0.3, 0.4) is 0 Å². The van der Waals surface area contributed by atoms with E-state index in [1.165, 1.54) is 6.07 Å². The van der Waals surface area contributed by atoms with E-state index in [9.17, 15) is 13.0 Å². The molecule has 3 rings (SSSR count). The van der Waals surface area contributed by atoms with Crippen molar-refractivity contribution >= 4 is 43.3 Å². The Bertz CT molecular complexity index is 907. The van der Waals surface area contributed by atoms with Crippen LogP contribution in [0.25, 0.3) is 21.5 Å². The van der Waals surface area contributed by atoms with Crippen molar-refractivity contribution in [1.82, 2.24) is 0 Å². The molecule has 0 amide bonds. The molecule has 0 atom stereocenters. The molecule has 0 aliphatic carbocycles. The van der Waals surface area contributed by atoms with Gasteiger partial charge in [-0.1, -0.05) is 41.9 Å². The van der Waals surface area contributed by atoms with Crippen molar-refractivity contribution < 1.29 is 42.5 Å². The monoisotopic (exact) mass is 314 g/mol. The van der Waals surface area contributed by atoms with Gasteiger partial charge in [-0.15, -0.1) is 0 Å². The van der Waals surface area contributed by atoms with Crippen LogP contribution in [-0.2, 0) is 10.1 Å². The molecular formula is C14H8ClNaO3S. The van der Waals surface area contributed by atoms with Gasteiger partial charge in [0.15, 0.2) is 0 Å². The summed E-state index contributed by atoms with van der Waals surface area (Å²) in [6, 6.07) is 14.2. The summed E-state index contributed by atoms with van der Waals surface area (Å²) in [5.41, 5.74) is 0. The molecule has 6 heteroatoms. The molecule has 3 nitrogen and oxygen atoms in total. The normalized spacial score (nSPS) is 11.5. The van der Waals surface area contributed by atoms with Crippen LogP contribution in [-0.4, -0.2) is 13.0 Å². The van der Waals surface area contributed by atoms with E-state index in [2.05, 4.69) is 0 Å². The molecule has 3 aromatic rings. The van der Waals surface area contributed by atoms with Gasteiger partial charge < -0.3 is 4.55 Å². The van der Waals surface area contributed by atoms with Crippen LogP contribution in [0.1, 0.15) is 0 Å². The van der Waals surface area contributed by atoms with Gasteiger partial charge in [0.05, 0.1) is 9.92 Å². The molecule has 0 bridgehead atoms. The largest absolute Gasteiger partial charge is 1.00 e. The first-order chi connectivity index (χ1) is 8.97. The Balaban J connectivity index is 0.00000147. The Morgan fingerprint density at radius 3 is 2.10 bits per heavy atom. The van der Waals surface area contributed by atoms with E-state index >= 15 is 0 Å². The van der Waals surface area contributed by atoms with Crippen LogP contribution in [0.2, 0.25) is 5.02 Å². The van der Waals surface area contributed by atoms with E-state index in [0.717, 1.165) is 10.8 Å². The Morgan fingerprint density at radius 2 is 1.50 bits per heavy atom. The predicted molar refractivity (Wildman–Crippen MR) is 74.4 cm³/mol. The van der Waals surface area contributed by atoms with Gasteiger partial charge >= 0.3 is 29.6 Å². The van der Waals surface area contributed by atoms with Crippen molar-refractivity contribution in [2.24, 2.45) is 0 Å². The van der Waals surface area contributed by atoms with Gasteiger partial charge in [-0.05, 0) is 34.4 Å². The van der Waals surface area contributed by atoms with Crippen molar-refractivity contribution in [2.45, 2.75) is 4.90 Å². The van der Waals surface area contributed by atoms with Crippen molar-refractivity contribution in [3.63, 3.8) is 0 Å². The molecule has 3 aromatic carbocycles. The second kappa shape index (κ2) is 5.64. The molecule has 0 aliphatic heterocycles. The second-order valence-corrected chi connectivity index (χ2v) is 5.97. The van der Waals surface area contributed by atoms with Crippen LogP contribution in [0.5, 0.6) is 0 Å². The summed E-state index contributed by atoms with van der Waals surface area (Å²) >= 11 is 5.86. The van der Waals surface area contributed by atoms with Crippen molar-refractivity contribution in [2.75, 3.05) is 0 Å². The fraction of sp³-hybridized carbons (Fsp3) is 0. The summed E-state index contributed by atoms with van der Waals surface area (Å²) in [5.74, 6) is 0. The van der Waals surface area contributed by atoms with Crippen LogP contribution in [0, 0.1) is 0 Å². The van der Waals surface area contributed by atoms with E-state index in [1.807, 2.05) is 30.3 Å². The third-order valence-electron chi connectivity index (χ3n) is 3.04. The van der Waals surface area contributed by atoms with Gasteiger partial charge in [-0.2, -0.15) is 0 Å². The van der Waals surface area contributed by atoms with Gasteiger partial charge in [0, 0.05) is 5.39 Å². The molecular weight excluding hydrogens is 307 g/mol. The number of fused-ring (bicyclic) bond motifs is 2. The number of hydrogen-bond donors (Lipinski definition) is 0. The Labute approximate surface area is 143 Å². The summed E-state index contributed by atoms with van der Waals surface area (Å²) in [5, 5.41) is 2.84. The average molecular weight is 315 g/mol. The second-order valence-electron chi connectivity index (χ2n) is 4.25. The van der Waals surface area contributed by atoms with Crippen LogP contribution in [0.4, 0.5) is 0 Å². The maximum absolute atomic E-state index is 11.4. The van der Waals surface area contributed by atoms with Gasteiger partial charge in [0.25, 0.3) is 0 Å². The summed E-state index contributed by atoms with van der Waals surface area (Å²) in [4.78, 5) is -0.350. The molecule has 0 saturated heterocycles. The van der Waals surface area contributed by atoms with Gasteiger partial charge in [-0.25, -0.2) is 8.42 Å². The van der Waals surface area contributed by atoms with Gasteiger partial charge in [-0.3, -0.25) is 0 Å². The quantitative estimate of drug-likeness (QED) is 0.374. The number of rotatable bonds is 1. The maximum Gasteiger partial charge on any atom is 1.00 e. The van der Waals surface area contributed by atoms with Gasteiger partial charge in [0.1, 0.15) is 10.1 Å². The van der Waals surface area contributed by atoms with Crippen LogP contribution >= 0.6 is 11.6 Å². The van der Waals surface area contributed by atoms with Crippen molar-refractivity contribution in [3.05, 3.63) is 53.6 Å². The first-order valence-electron chi connectivity index (χ1n) is 5.54. The van der Waals surface area contributed by atoms with Crippen molar-refractivity contribution in [3.8, 4) is 0 Å². The molecule has 96 valence electrons. The first kappa shape index (κ1) is 15.8. The molecule has 20 heavy (non-hydrogen) atoms. The molecule has 0 fully saturated rings. The molecule has 0 unspecified atom stereocenters. The molecule has 0 aliphatic rings. The summed E-state index contributed by atoms with van der Waals surface area (Å²) in [6.07, 6.45) is 0. The minimum atomic E-state index is -4.61. The molecule has 0 saturated carbocycles. The molecule has 0 spiro atoms. The fourth-order valence-electron chi connectivity index (χ4n) is 2.21. The van der Waals surface area contributed by atoms with E-state index in [0.29, 0.717) is 10.8 Å². The molecule has 0 radical (unpaired) electrons. The Morgan fingerprint density at radius 1 is 0.900 bits per heavy atom. The van der Waals surface area contributed by atoms with Crippen LogP contribution in [0.15, 0.2) is 53.4 Å². The van der Waals surface area contributed by atoms with Gasteiger partial charge in [0.2, 0.25) is 0 Å². The van der Waals surface area contributed by atoms with Crippen molar-refractivity contribution in [1.29, 1.82) is 0 Å². The maximum atomic E-state index is 11.4. The average Bonchev–Trinajstić information content (AvgIpc) is 2.34. The minimum Gasteiger partial charge on any atom is -0.744 e. The standard InChI is InChI=1S/C14H9ClO3S.Na/c15-13-6-5-11-7-9-3-1-2-4-10(9)8-12(11)14(13)19(16,17)18;/h1-8H,(H,16,17,18);/q;+1/p-1.